The fourth-order valence-electron chi connectivity index (χ4n) is 8.36. The second-order valence-electron chi connectivity index (χ2n) is 11.8. The van der Waals surface area contributed by atoms with Gasteiger partial charge in [0, 0.05) is 0 Å². The molecule has 0 aliphatic heterocycles. The van der Waals surface area contributed by atoms with Crippen molar-refractivity contribution in [3.8, 4) is 0 Å². The normalized spacial score (nSPS) is 44.6. The predicted octanol–water partition coefficient (Wildman–Crippen LogP) is 6.65. The number of hydrogen-bond donors (Lipinski definition) is 2. The first kappa shape index (κ1) is 21.9. The van der Waals surface area contributed by atoms with Crippen LogP contribution in [0, 0.1) is 34.5 Å². The van der Waals surface area contributed by atoms with Gasteiger partial charge in [0.25, 0.3) is 0 Å². The third kappa shape index (κ3) is 3.65. The standard InChI is InChI=1S/C27H46O2/c1-5-27(29,6-2)15-7-8-19-10-12-23-22-11-9-20-18-21(28)13-16-26(20,4)24(22)14-17-25(19,23)3/h14,19-23,28-29H,5-13,15-18H2,1-4H3. The molecule has 4 aliphatic carbocycles. The molecule has 0 radical (unpaired) electrons. The summed E-state index contributed by atoms with van der Waals surface area (Å²) in [5, 5.41) is 20.9. The highest BCUT2D eigenvalue weighted by Gasteiger charge is 2.56. The van der Waals surface area contributed by atoms with E-state index in [2.05, 4.69) is 33.8 Å². The predicted molar refractivity (Wildman–Crippen MR) is 121 cm³/mol. The first-order valence-electron chi connectivity index (χ1n) is 12.9. The van der Waals surface area contributed by atoms with Crippen LogP contribution in [0.15, 0.2) is 11.6 Å². The minimum atomic E-state index is -0.433. The van der Waals surface area contributed by atoms with Gasteiger partial charge in [-0.25, -0.2) is 0 Å². The Balaban J connectivity index is 1.47. The summed E-state index contributed by atoms with van der Waals surface area (Å²) in [4.78, 5) is 0. The number of hydrogen-bond acceptors (Lipinski definition) is 2. The van der Waals surface area contributed by atoms with E-state index < -0.39 is 5.60 Å². The first-order valence-corrected chi connectivity index (χ1v) is 12.9. The molecule has 0 heterocycles. The Morgan fingerprint density at radius 2 is 1.83 bits per heavy atom. The topological polar surface area (TPSA) is 40.5 Å². The lowest BCUT2D eigenvalue weighted by Crippen LogP contribution is -2.48. The molecular formula is C27H46O2. The molecule has 0 aromatic heterocycles. The lowest BCUT2D eigenvalue weighted by molar-refractivity contribution is -0.0137. The van der Waals surface area contributed by atoms with E-state index in [4.69, 9.17) is 0 Å². The second kappa shape index (κ2) is 7.97. The molecule has 2 N–H and O–H groups in total. The minimum absolute atomic E-state index is 0.0557. The van der Waals surface area contributed by atoms with Crippen molar-refractivity contribution in [2.45, 2.75) is 123 Å². The minimum Gasteiger partial charge on any atom is -0.393 e. The van der Waals surface area contributed by atoms with Crippen molar-refractivity contribution in [1.29, 1.82) is 0 Å². The van der Waals surface area contributed by atoms with Gasteiger partial charge in [-0.15, -0.1) is 0 Å². The Hall–Kier alpha value is -0.340. The Kier molecular flexibility index (Phi) is 6.01. The summed E-state index contributed by atoms with van der Waals surface area (Å²) in [7, 11) is 0. The van der Waals surface area contributed by atoms with E-state index in [1.54, 1.807) is 5.57 Å². The van der Waals surface area contributed by atoms with E-state index in [1.807, 2.05) is 0 Å². The van der Waals surface area contributed by atoms with E-state index >= 15 is 0 Å². The fourth-order valence-corrected chi connectivity index (χ4v) is 8.36. The summed E-state index contributed by atoms with van der Waals surface area (Å²) in [6.45, 7) is 9.40. The van der Waals surface area contributed by atoms with Gasteiger partial charge in [-0.05, 0) is 112 Å². The van der Waals surface area contributed by atoms with Crippen LogP contribution in [0.2, 0.25) is 0 Å². The van der Waals surface area contributed by atoms with Gasteiger partial charge in [-0.2, -0.15) is 0 Å². The van der Waals surface area contributed by atoms with Gasteiger partial charge in [0.05, 0.1) is 11.7 Å². The van der Waals surface area contributed by atoms with Crippen LogP contribution in [0.25, 0.3) is 0 Å². The van der Waals surface area contributed by atoms with Gasteiger partial charge in [0.1, 0.15) is 0 Å². The van der Waals surface area contributed by atoms with Crippen LogP contribution in [0.3, 0.4) is 0 Å². The molecule has 0 aromatic carbocycles. The summed E-state index contributed by atoms with van der Waals surface area (Å²) in [5.41, 5.74) is 2.20. The lowest BCUT2D eigenvalue weighted by Gasteiger charge is -2.56. The highest BCUT2D eigenvalue weighted by atomic mass is 16.3. The maximum absolute atomic E-state index is 10.7. The zero-order chi connectivity index (χ0) is 20.9. The van der Waals surface area contributed by atoms with E-state index in [-0.39, 0.29) is 6.10 Å². The second-order valence-corrected chi connectivity index (χ2v) is 11.8. The van der Waals surface area contributed by atoms with Crippen LogP contribution in [0.4, 0.5) is 0 Å². The van der Waals surface area contributed by atoms with Crippen LogP contribution in [0.1, 0.15) is 111 Å². The van der Waals surface area contributed by atoms with Crippen molar-refractivity contribution in [3.63, 3.8) is 0 Å². The van der Waals surface area contributed by atoms with Crippen molar-refractivity contribution >= 4 is 0 Å². The fraction of sp³-hybridized carbons (Fsp3) is 0.926. The highest BCUT2D eigenvalue weighted by Crippen LogP contribution is 2.65. The zero-order valence-electron chi connectivity index (χ0n) is 19.6. The molecule has 2 nitrogen and oxygen atoms in total. The average Bonchev–Trinajstić information content (AvgIpc) is 3.05. The van der Waals surface area contributed by atoms with E-state index in [1.165, 1.54) is 51.4 Å². The Morgan fingerprint density at radius 1 is 1.07 bits per heavy atom. The number of allylic oxidation sites excluding steroid dienone is 2. The molecule has 166 valence electrons. The highest BCUT2D eigenvalue weighted by molar-refractivity contribution is 5.28. The van der Waals surface area contributed by atoms with Crippen LogP contribution >= 0.6 is 0 Å². The van der Waals surface area contributed by atoms with Crippen LogP contribution in [-0.4, -0.2) is 21.9 Å². The Bertz CT molecular complexity index is 620. The molecule has 0 aromatic rings. The summed E-state index contributed by atoms with van der Waals surface area (Å²) >= 11 is 0. The van der Waals surface area contributed by atoms with E-state index in [0.29, 0.717) is 16.7 Å². The van der Waals surface area contributed by atoms with Gasteiger partial charge in [-0.1, -0.05) is 45.8 Å². The summed E-state index contributed by atoms with van der Waals surface area (Å²) in [5.74, 6) is 3.21. The maximum atomic E-state index is 10.7. The molecule has 2 heteroatoms. The van der Waals surface area contributed by atoms with Gasteiger partial charge < -0.3 is 10.2 Å². The molecule has 29 heavy (non-hydrogen) atoms. The molecule has 0 spiro atoms. The summed E-state index contributed by atoms with van der Waals surface area (Å²) < 4.78 is 0. The van der Waals surface area contributed by atoms with Gasteiger partial charge in [-0.3, -0.25) is 0 Å². The summed E-state index contributed by atoms with van der Waals surface area (Å²) in [6.07, 6.45) is 17.9. The molecular weight excluding hydrogens is 356 g/mol. The zero-order valence-corrected chi connectivity index (χ0v) is 19.6. The molecule has 4 rings (SSSR count). The molecule has 3 saturated carbocycles. The molecule has 7 unspecified atom stereocenters. The van der Waals surface area contributed by atoms with Gasteiger partial charge in [0.15, 0.2) is 0 Å². The van der Waals surface area contributed by atoms with Crippen molar-refractivity contribution in [2.75, 3.05) is 0 Å². The van der Waals surface area contributed by atoms with Crippen LogP contribution < -0.4 is 0 Å². The van der Waals surface area contributed by atoms with Crippen molar-refractivity contribution < 1.29 is 10.2 Å². The monoisotopic (exact) mass is 402 g/mol. The van der Waals surface area contributed by atoms with Gasteiger partial charge in [0.2, 0.25) is 0 Å². The van der Waals surface area contributed by atoms with Crippen molar-refractivity contribution in [3.05, 3.63) is 11.6 Å². The SMILES string of the molecule is CCC(O)(CC)CCCC1CCC2C3CCC4CC(O)CCC4(C)C3=CCC12C. The number of fused-ring (bicyclic) bond motifs is 5. The van der Waals surface area contributed by atoms with E-state index in [0.717, 1.165) is 49.9 Å². The Morgan fingerprint density at radius 3 is 2.55 bits per heavy atom. The third-order valence-electron chi connectivity index (χ3n) is 10.7. The first-order chi connectivity index (χ1) is 13.8. The number of rotatable bonds is 6. The third-order valence-corrected chi connectivity index (χ3v) is 10.7. The molecule has 0 amide bonds. The van der Waals surface area contributed by atoms with Crippen LogP contribution in [-0.2, 0) is 0 Å². The Labute approximate surface area is 179 Å². The molecule has 7 atom stereocenters. The van der Waals surface area contributed by atoms with Crippen molar-refractivity contribution in [2.24, 2.45) is 34.5 Å². The average molecular weight is 403 g/mol. The molecule has 0 bridgehead atoms. The largest absolute Gasteiger partial charge is 0.393 e. The summed E-state index contributed by atoms with van der Waals surface area (Å²) in [6, 6.07) is 0. The van der Waals surface area contributed by atoms with Gasteiger partial charge >= 0.3 is 0 Å². The molecule has 0 saturated heterocycles. The van der Waals surface area contributed by atoms with Crippen LogP contribution in [0.5, 0.6) is 0 Å². The molecule has 3 fully saturated rings. The maximum Gasteiger partial charge on any atom is 0.0642 e. The van der Waals surface area contributed by atoms with Crippen molar-refractivity contribution in [1.82, 2.24) is 0 Å². The smallest absolute Gasteiger partial charge is 0.0642 e. The number of aliphatic hydroxyl groups is 2. The quantitative estimate of drug-likeness (QED) is 0.488. The number of aliphatic hydroxyl groups excluding tert-OH is 1. The van der Waals surface area contributed by atoms with E-state index in [9.17, 15) is 10.2 Å². The lowest BCUT2D eigenvalue weighted by atomic mass is 9.48. The molecule has 4 aliphatic rings.